The largest absolute Gasteiger partial charge is 0.507 e. The number of rotatable bonds is 6. The van der Waals surface area contributed by atoms with Gasteiger partial charge >= 0.3 is 0 Å². The van der Waals surface area contributed by atoms with Crippen molar-refractivity contribution in [1.29, 1.82) is 0 Å². The molecule has 1 saturated carbocycles. The number of phenols is 2. The summed E-state index contributed by atoms with van der Waals surface area (Å²) < 4.78 is 0. The van der Waals surface area contributed by atoms with Crippen LogP contribution in [0.5, 0.6) is 11.5 Å². The number of non-ortho nitro benzene ring substituents is 2. The molecule has 10 heteroatoms. The van der Waals surface area contributed by atoms with Crippen molar-refractivity contribution < 1.29 is 20.1 Å². The molecule has 0 radical (unpaired) electrons. The first-order valence-electron chi connectivity index (χ1n) is 12.7. The van der Waals surface area contributed by atoms with E-state index >= 15 is 0 Å². The maximum absolute atomic E-state index is 11.5. The van der Waals surface area contributed by atoms with Crippen molar-refractivity contribution in [2.24, 2.45) is 9.98 Å². The number of hydrogen-bond acceptors (Lipinski definition) is 8. The Balaban J connectivity index is 1.97. The van der Waals surface area contributed by atoms with Crippen molar-refractivity contribution in [3.05, 3.63) is 66.7 Å². The van der Waals surface area contributed by atoms with E-state index in [1.165, 1.54) is 36.7 Å². The van der Waals surface area contributed by atoms with Crippen LogP contribution in [0, 0.1) is 20.2 Å². The molecule has 2 N–H and O–H groups in total. The molecule has 1 fully saturated rings. The molecular weight excluding hydrogens is 488 g/mol. The van der Waals surface area contributed by atoms with Gasteiger partial charge in [0.25, 0.3) is 11.4 Å². The Morgan fingerprint density at radius 3 is 1.37 bits per heavy atom. The maximum atomic E-state index is 11.5. The van der Waals surface area contributed by atoms with Crippen molar-refractivity contribution in [3.8, 4) is 11.5 Å². The standard InChI is InChI=1S/C28H36N4O6/c1-27(2,3)21-13-19(31(35)36)11-17(25(21)33)15-29-23-9-7-8-10-24(23)30-16-18-12-20(32(37)38)14-22(26(18)34)28(4,5)6/h11-16,23-24,33-34H,7-10H2,1-6H3/t23-,24-/m0/s1. The van der Waals surface area contributed by atoms with Crippen LogP contribution in [0.1, 0.15) is 89.5 Å². The lowest BCUT2D eigenvalue weighted by Gasteiger charge is -2.26. The van der Waals surface area contributed by atoms with E-state index in [1.807, 2.05) is 41.5 Å². The second kappa shape index (κ2) is 10.9. The minimum Gasteiger partial charge on any atom is -0.507 e. The molecule has 0 unspecified atom stereocenters. The summed E-state index contributed by atoms with van der Waals surface area (Å²) in [5, 5.41) is 44.7. The van der Waals surface area contributed by atoms with Gasteiger partial charge in [-0.2, -0.15) is 0 Å². The third-order valence-electron chi connectivity index (χ3n) is 6.79. The highest BCUT2D eigenvalue weighted by Crippen LogP contribution is 2.37. The fraction of sp³-hybridized carbons (Fsp3) is 0.500. The molecule has 1 aliphatic rings. The molecule has 0 aromatic heterocycles. The topological polar surface area (TPSA) is 151 Å². The predicted molar refractivity (Wildman–Crippen MR) is 148 cm³/mol. The van der Waals surface area contributed by atoms with Crippen molar-refractivity contribution >= 4 is 23.8 Å². The van der Waals surface area contributed by atoms with Gasteiger partial charge in [0.15, 0.2) is 0 Å². The summed E-state index contributed by atoms with van der Waals surface area (Å²) in [7, 11) is 0. The average molecular weight is 525 g/mol. The van der Waals surface area contributed by atoms with Crippen LogP contribution in [-0.2, 0) is 10.8 Å². The summed E-state index contributed by atoms with van der Waals surface area (Å²) in [6.07, 6.45) is 6.26. The van der Waals surface area contributed by atoms with E-state index in [0.29, 0.717) is 11.1 Å². The molecule has 2 aromatic rings. The summed E-state index contributed by atoms with van der Waals surface area (Å²) in [5.74, 6) is -0.0853. The number of aliphatic imine (C=N–C) groups is 2. The van der Waals surface area contributed by atoms with Crippen LogP contribution in [0.4, 0.5) is 11.4 Å². The molecule has 204 valence electrons. The highest BCUT2D eigenvalue weighted by Gasteiger charge is 2.27. The summed E-state index contributed by atoms with van der Waals surface area (Å²) in [6, 6.07) is 4.89. The van der Waals surface area contributed by atoms with Crippen molar-refractivity contribution in [2.75, 3.05) is 0 Å². The molecule has 0 bridgehead atoms. The molecule has 0 saturated heterocycles. The van der Waals surface area contributed by atoms with E-state index < -0.39 is 20.7 Å². The van der Waals surface area contributed by atoms with Crippen LogP contribution in [0.15, 0.2) is 34.3 Å². The lowest BCUT2D eigenvalue weighted by atomic mass is 9.84. The zero-order valence-electron chi connectivity index (χ0n) is 22.8. The number of nitrogens with zero attached hydrogens (tertiary/aromatic N) is 4. The lowest BCUT2D eigenvalue weighted by molar-refractivity contribution is -0.385. The molecule has 3 rings (SSSR count). The van der Waals surface area contributed by atoms with Gasteiger partial charge in [-0.25, -0.2) is 0 Å². The summed E-state index contributed by atoms with van der Waals surface area (Å²) in [5.41, 5.74) is 0.188. The Bertz CT molecular complexity index is 1190. The first-order valence-corrected chi connectivity index (χ1v) is 12.7. The van der Waals surface area contributed by atoms with Crippen LogP contribution < -0.4 is 0 Å². The van der Waals surface area contributed by atoms with Crippen LogP contribution in [0.25, 0.3) is 0 Å². The van der Waals surface area contributed by atoms with E-state index in [0.717, 1.165) is 25.7 Å². The van der Waals surface area contributed by atoms with E-state index in [2.05, 4.69) is 9.98 Å². The van der Waals surface area contributed by atoms with Crippen molar-refractivity contribution in [1.82, 2.24) is 0 Å². The average Bonchev–Trinajstić information content (AvgIpc) is 2.81. The highest BCUT2D eigenvalue weighted by molar-refractivity contribution is 5.87. The zero-order valence-corrected chi connectivity index (χ0v) is 22.8. The van der Waals surface area contributed by atoms with Crippen LogP contribution >= 0.6 is 0 Å². The summed E-state index contributed by atoms with van der Waals surface area (Å²) in [6.45, 7) is 11.2. The SMILES string of the molecule is CC(C)(C)c1cc([N+](=O)[O-])cc(C=N[C@H]2CCCC[C@@H]2N=Cc2cc([N+](=O)[O-])cc(C(C)(C)C)c2O)c1O. The molecule has 0 spiro atoms. The van der Waals surface area contributed by atoms with Crippen LogP contribution in [0.2, 0.25) is 0 Å². The molecular formula is C28H36N4O6. The minimum atomic E-state index is -0.511. The van der Waals surface area contributed by atoms with E-state index in [1.54, 1.807) is 0 Å². The Kier molecular flexibility index (Phi) is 8.24. The Morgan fingerprint density at radius 2 is 1.08 bits per heavy atom. The monoisotopic (exact) mass is 524 g/mol. The molecule has 2 aromatic carbocycles. The van der Waals surface area contributed by atoms with Gasteiger partial charge < -0.3 is 10.2 Å². The molecule has 0 amide bonds. The second-order valence-electron chi connectivity index (χ2n) is 11.9. The minimum absolute atomic E-state index is 0.0427. The fourth-order valence-corrected chi connectivity index (χ4v) is 4.62. The quantitative estimate of drug-likeness (QED) is 0.255. The number of aromatic hydroxyl groups is 2. The summed E-state index contributed by atoms with van der Waals surface area (Å²) in [4.78, 5) is 31.3. The fourth-order valence-electron chi connectivity index (χ4n) is 4.62. The first-order chi connectivity index (χ1) is 17.6. The Morgan fingerprint density at radius 1 is 0.737 bits per heavy atom. The normalized spacial score (nSPS) is 18.8. The Labute approximate surface area is 222 Å². The molecule has 2 atom stereocenters. The third kappa shape index (κ3) is 6.54. The maximum Gasteiger partial charge on any atom is 0.270 e. The van der Waals surface area contributed by atoms with Crippen LogP contribution in [-0.4, -0.2) is 44.6 Å². The van der Waals surface area contributed by atoms with Crippen molar-refractivity contribution in [2.45, 2.75) is 90.1 Å². The van der Waals surface area contributed by atoms with Gasteiger partial charge in [0.1, 0.15) is 11.5 Å². The molecule has 10 nitrogen and oxygen atoms in total. The third-order valence-corrected chi connectivity index (χ3v) is 6.79. The van der Waals surface area contributed by atoms with Gasteiger partial charge in [-0.1, -0.05) is 54.4 Å². The highest BCUT2D eigenvalue weighted by atomic mass is 16.6. The van der Waals surface area contributed by atoms with Gasteiger partial charge in [0.2, 0.25) is 0 Å². The Hall–Kier alpha value is -3.82. The van der Waals surface area contributed by atoms with Gasteiger partial charge in [0.05, 0.1) is 21.9 Å². The van der Waals surface area contributed by atoms with Gasteiger partial charge in [-0.3, -0.25) is 30.2 Å². The predicted octanol–water partition coefficient (Wildman–Crippen LogP) is 6.36. The summed E-state index contributed by atoms with van der Waals surface area (Å²) >= 11 is 0. The van der Waals surface area contributed by atoms with E-state index in [-0.39, 0.29) is 46.1 Å². The van der Waals surface area contributed by atoms with Crippen molar-refractivity contribution in [3.63, 3.8) is 0 Å². The smallest absolute Gasteiger partial charge is 0.270 e. The molecule has 0 aliphatic heterocycles. The number of hydrogen-bond donors (Lipinski definition) is 2. The van der Waals surface area contributed by atoms with E-state index in [9.17, 15) is 30.4 Å². The molecule has 0 heterocycles. The zero-order chi connectivity index (χ0) is 28.4. The number of nitro benzene ring substituents is 2. The first kappa shape index (κ1) is 28.7. The number of nitro groups is 2. The van der Waals surface area contributed by atoms with Crippen LogP contribution in [0.3, 0.4) is 0 Å². The van der Waals surface area contributed by atoms with Gasteiger partial charge in [-0.15, -0.1) is 0 Å². The van der Waals surface area contributed by atoms with Gasteiger partial charge in [-0.05, 0) is 23.7 Å². The molecule has 38 heavy (non-hydrogen) atoms. The van der Waals surface area contributed by atoms with E-state index in [4.69, 9.17) is 0 Å². The second-order valence-corrected chi connectivity index (χ2v) is 11.9. The lowest BCUT2D eigenvalue weighted by Crippen LogP contribution is -2.27. The number of phenolic OH excluding ortho intramolecular Hbond substituents is 2. The molecule has 1 aliphatic carbocycles. The number of benzene rings is 2. The van der Waals surface area contributed by atoms with Gasteiger partial charge in [0, 0.05) is 58.9 Å².